The number of aromatic nitrogens is 4. The first-order valence-corrected chi connectivity index (χ1v) is 12.0. The molecule has 5 rings (SSSR count). The molecule has 1 aliphatic heterocycles. The molecule has 0 radical (unpaired) electrons. The van der Waals surface area contributed by atoms with Gasteiger partial charge in [0, 0.05) is 19.6 Å². The van der Waals surface area contributed by atoms with Gasteiger partial charge in [0.15, 0.2) is 5.82 Å². The van der Waals surface area contributed by atoms with Crippen molar-refractivity contribution in [1.82, 2.24) is 25.3 Å². The molecular weight excluding hydrogens is 443 g/mol. The van der Waals surface area contributed by atoms with Crippen molar-refractivity contribution in [1.29, 1.82) is 0 Å². The van der Waals surface area contributed by atoms with Gasteiger partial charge in [-0.1, -0.05) is 24.3 Å². The summed E-state index contributed by atoms with van der Waals surface area (Å²) >= 11 is 0. The quantitative estimate of drug-likeness (QED) is 0.466. The van der Waals surface area contributed by atoms with Crippen LogP contribution in [0, 0.1) is 32.5 Å². The molecule has 180 valence electrons. The summed E-state index contributed by atoms with van der Waals surface area (Å²) in [4.78, 5) is 15.1. The monoisotopic (exact) mass is 472 g/mol. The van der Waals surface area contributed by atoms with E-state index in [-0.39, 0.29) is 17.6 Å². The Bertz CT molecular complexity index is 1380. The van der Waals surface area contributed by atoms with Gasteiger partial charge in [-0.25, -0.2) is 9.07 Å². The van der Waals surface area contributed by atoms with Gasteiger partial charge in [0.05, 0.1) is 28.4 Å². The lowest BCUT2D eigenvalue weighted by Crippen LogP contribution is -2.43. The lowest BCUT2D eigenvalue weighted by Gasteiger charge is -2.32. The Morgan fingerprint density at radius 2 is 1.86 bits per heavy atom. The van der Waals surface area contributed by atoms with Crippen LogP contribution in [0.5, 0.6) is 0 Å². The number of piperidine rings is 1. The molecule has 3 heterocycles. The van der Waals surface area contributed by atoms with Crippen LogP contribution < -0.4 is 10.2 Å². The van der Waals surface area contributed by atoms with Gasteiger partial charge in [-0.3, -0.25) is 4.79 Å². The zero-order chi connectivity index (χ0) is 24.5. The molecule has 8 heteroatoms. The Balaban J connectivity index is 1.40. The molecule has 2 aromatic heterocycles. The van der Waals surface area contributed by atoms with E-state index in [1.807, 2.05) is 32.0 Å². The second kappa shape index (κ2) is 9.44. The Morgan fingerprint density at radius 1 is 1.09 bits per heavy atom. The predicted molar refractivity (Wildman–Crippen MR) is 134 cm³/mol. The van der Waals surface area contributed by atoms with Gasteiger partial charge in [-0.05, 0) is 69.0 Å². The smallest absolute Gasteiger partial charge is 0.225 e. The lowest BCUT2D eigenvalue weighted by molar-refractivity contribution is -0.125. The molecule has 1 fully saturated rings. The molecule has 1 unspecified atom stereocenters. The summed E-state index contributed by atoms with van der Waals surface area (Å²) < 4.78 is 15.3. The highest BCUT2D eigenvalue weighted by atomic mass is 19.1. The number of benzene rings is 2. The Kier molecular flexibility index (Phi) is 6.19. The third kappa shape index (κ3) is 4.48. The molecule has 35 heavy (non-hydrogen) atoms. The van der Waals surface area contributed by atoms with Crippen LogP contribution in [0.1, 0.15) is 35.4 Å². The normalized spacial score (nSPS) is 16.0. The average Bonchev–Trinajstić information content (AvgIpc) is 3.22. The van der Waals surface area contributed by atoms with Crippen LogP contribution in [0.25, 0.3) is 16.6 Å². The molecule has 2 aromatic carbocycles. The number of nitrogens with one attached hydrogen (secondary N) is 1. The van der Waals surface area contributed by atoms with E-state index in [4.69, 9.17) is 5.10 Å². The van der Waals surface area contributed by atoms with Crippen molar-refractivity contribution in [3.05, 3.63) is 76.9 Å². The summed E-state index contributed by atoms with van der Waals surface area (Å²) in [7, 11) is 0. The van der Waals surface area contributed by atoms with Crippen LogP contribution in [-0.2, 0) is 11.3 Å². The summed E-state index contributed by atoms with van der Waals surface area (Å²) in [5.74, 6) is 0.322. The van der Waals surface area contributed by atoms with Gasteiger partial charge in [0.2, 0.25) is 5.91 Å². The number of hydrogen-bond donors (Lipinski definition) is 1. The number of carbonyl (C=O) groups is 1. The highest BCUT2D eigenvalue weighted by Crippen LogP contribution is 2.31. The van der Waals surface area contributed by atoms with Gasteiger partial charge in [0.25, 0.3) is 0 Å². The summed E-state index contributed by atoms with van der Waals surface area (Å²) in [6.07, 6.45) is 1.72. The number of fused-ring (bicyclic) bond motifs is 1. The van der Waals surface area contributed by atoms with Crippen LogP contribution >= 0.6 is 0 Å². The van der Waals surface area contributed by atoms with E-state index in [1.165, 1.54) is 17.7 Å². The average molecular weight is 473 g/mol. The van der Waals surface area contributed by atoms with Crippen molar-refractivity contribution >= 4 is 22.6 Å². The third-order valence-corrected chi connectivity index (χ3v) is 6.86. The molecule has 7 nitrogen and oxygen atoms in total. The van der Waals surface area contributed by atoms with Gasteiger partial charge >= 0.3 is 0 Å². The summed E-state index contributed by atoms with van der Waals surface area (Å²) in [5.41, 5.74) is 5.53. The second-order valence-corrected chi connectivity index (χ2v) is 9.24. The summed E-state index contributed by atoms with van der Waals surface area (Å²) in [5, 5.41) is 17.8. The van der Waals surface area contributed by atoms with Crippen LogP contribution in [0.4, 0.5) is 10.2 Å². The maximum absolute atomic E-state index is 13.5. The fourth-order valence-corrected chi connectivity index (χ4v) is 4.88. The lowest BCUT2D eigenvalue weighted by atomic mass is 9.96. The minimum absolute atomic E-state index is 0.0577. The number of carbonyl (C=O) groups excluding carboxylic acids is 1. The molecule has 1 aliphatic rings. The molecule has 1 saturated heterocycles. The molecular formula is C27H29FN6O. The standard InChI is InChI=1S/C27H29FN6O/c1-17-7-4-5-8-20(17)15-29-27(35)21-9-6-14-33(16-21)26-25-24(18(2)30-31-26)19(3)34(32-25)23-12-10-22(28)11-13-23/h4-5,7-8,10-13,21H,6,9,14-16H2,1-3H3,(H,29,35). The fourth-order valence-electron chi connectivity index (χ4n) is 4.88. The van der Waals surface area contributed by atoms with E-state index in [0.29, 0.717) is 18.9 Å². The number of hydrogen-bond acceptors (Lipinski definition) is 5. The SMILES string of the molecule is Cc1ccccc1CNC(=O)C1CCCN(c2nnc(C)c3c(C)n(-c4ccc(F)cc4)nc23)C1. The van der Waals surface area contributed by atoms with Crippen LogP contribution in [0.3, 0.4) is 0 Å². The number of aryl methyl sites for hydroxylation is 3. The van der Waals surface area contributed by atoms with E-state index < -0.39 is 0 Å². The van der Waals surface area contributed by atoms with Gasteiger partial charge in [-0.15, -0.1) is 5.10 Å². The third-order valence-electron chi connectivity index (χ3n) is 6.86. The highest BCUT2D eigenvalue weighted by molar-refractivity contribution is 5.92. The zero-order valence-corrected chi connectivity index (χ0v) is 20.3. The van der Waals surface area contributed by atoms with Crippen molar-refractivity contribution in [2.45, 2.75) is 40.2 Å². The number of anilines is 1. The Hall–Kier alpha value is -3.81. The molecule has 0 bridgehead atoms. The van der Waals surface area contributed by atoms with Gasteiger partial charge < -0.3 is 10.2 Å². The fraction of sp³-hybridized carbons (Fsp3) is 0.333. The zero-order valence-electron chi connectivity index (χ0n) is 20.3. The van der Waals surface area contributed by atoms with E-state index in [1.54, 1.807) is 16.8 Å². The first-order valence-electron chi connectivity index (χ1n) is 12.0. The van der Waals surface area contributed by atoms with Gasteiger partial charge in [0.1, 0.15) is 11.3 Å². The maximum Gasteiger partial charge on any atom is 0.225 e. The Labute approximate surface area is 204 Å². The van der Waals surface area contributed by atoms with E-state index >= 15 is 0 Å². The van der Waals surface area contributed by atoms with Crippen molar-refractivity contribution in [3.8, 4) is 5.69 Å². The van der Waals surface area contributed by atoms with E-state index in [9.17, 15) is 9.18 Å². The molecule has 0 spiro atoms. The van der Waals surface area contributed by atoms with E-state index in [0.717, 1.165) is 52.9 Å². The first-order chi connectivity index (χ1) is 16.9. The predicted octanol–water partition coefficient (Wildman–Crippen LogP) is 4.41. The number of rotatable bonds is 5. The van der Waals surface area contributed by atoms with Crippen molar-refractivity contribution in [2.75, 3.05) is 18.0 Å². The Morgan fingerprint density at radius 3 is 2.63 bits per heavy atom. The van der Waals surface area contributed by atoms with Crippen LogP contribution in [0.15, 0.2) is 48.5 Å². The van der Waals surface area contributed by atoms with Crippen molar-refractivity contribution < 1.29 is 9.18 Å². The van der Waals surface area contributed by atoms with Crippen LogP contribution in [0.2, 0.25) is 0 Å². The number of amides is 1. The number of halogens is 1. The first kappa shape index (κ1) is 23.0. The molecule has 1 atom stereocenters. The minimum atomic E-state index is -0.289. The molecule has 4 aromatic rings. The summed E-state index contributed by atoms with van der Waals surface area (Å²) in [6.45, 7) is 7.83. The topological polar surface area (TPSA) is 75.9 Å². The van der Waals surface area contributed by atoms with E-state index in [2.05, 4.69) is 33.4 Å². The van der Waals surface area contributed by atoms with Crippen molar-refractivity contribution in [2.24, 2.45) is 5.92 Å². The van der Waals surface area contributed by atoms with Crippen LogP contribution in [-0.4, -0.2) is 39.0 Å². The largest absolute Gasteiger partial charge is 0.352 e. The number of nitrogens with zero attached hydrogens (tertiary/aromatic N) is 5. The molecule has 1 amide bonds. The minimum Gasteiger partial charge on any atom is -0.352 e. The maximum atomic E-state index is 13.5. The molecule has 1 N–H and O–H groups in total. The van der Waals surface area contributed by atoms with Gasteiger partial charge in [-0.2, -0.15) is 10.2 Å². The summed E-state index contributed by atoms with van der Waals surface area (Å²) in [6, 6.07) is 14.4. The highest BCUT2D eigenvalue weighted by Gasteiger charge is 2.29. The van der Waals surface area contributed by atoms with Crippen molar-refractivity contribution in [3.63, 3.8) is 0 Å². The second-order valence-electron chi connectivity index (χ2n) is 9.24. The molecule has 0 saturated carbocycles. The molecule has 0 aliphatic carbocycles.